The fourth-order valence-corrected chi connectivity index (χ4v) is 6.03. The van der Waals surface area contributed by atoms with E-state index in [1.807, 2.05) is 0 Å². The maximum absolute atomic E-state index is 13.7. The van der Waals surface area contributed by atoms with Gasteiger partial charge in [0.2, 0.25) is 15.9 Å². The molecule has 3 rings (SSSR count). The molecule has 27 heavy (non-hydrogen) atoms. The molecular weight excluding hydrogens is 371 g/mol. The first-order valence-corrected chi connectivity index (χ1v) is 10.3. The number of hydrogen-bond donors (Lipinski definition) is 0. The zero-order valence-corrected chi connectivity index (χ0v) is 16.0. The van der Waals surface area contributed by atoms with Crippen molar-refractivity contribution in [2.45, 2.75) is 36.2 Å². The highest BCUT2D eigenvalue weighted by atomic mass is 32.2. The Morgan fingerprint density at radius 1 is 1.37 bits per heavy atom. The topological polar surface area (TPSA) is 66.9 Å². The standard InChI is InChI=1S/C19H23FN2O4S/c1-3-10-21-12-14(13-26-2)17-8-5-9-18(19(21)23)22(17)27(24,25)16-7-4-6-15(20)11-16/h1,4,6-7,11,14,17-18H,5,8-10,12-13H2,2H3/t14-,17-,18+/m1/s1. The number of ether oxygens (including phenoxy) is 1. The van der Waals surface area contributed by atoms with Crippen LogP contribution in [0.3, 0.4) is 0 Å². The number of amides is 1. The number of nitrogens with zero attached hydrogens (tertiary/aromatic N) is 2. The van der Waals surface area contributed by atoms with Crippen molar-refractivity contribution in [3.05, 3.63) is 30.1 Å². The summed E-state index contributed by atoms with van der Waals surface area (Å²) in [6.07, 6.45) is 7.19. The minimum absolute atomic E-state index is 0.121. The van der Waals surface area contributed by atoms with Gasteiger partial charge in [0.05, 0.1) is 18.0 Å². The molecule has 0 N–H and O–H groups in total. The molecule has 0 aliphatic carbocycles. The first-order chi connectivity index (χ1) is 12.9. The number of rotatable bonds is 5. The number of carbonyl (C=O) groups is 1. The third-order valence-electron chi connectivity index (χ3n) is 5.24. The van der Waals surface area contributed by atoms with Crippen LogP contribution in [-0.4, -0.2) is 62.4 Å². The van der Waals surface area contributed by atoms with Crippen LogP contribution in [0.15, 0.2) is 29.2 Å². The molecule has 3 atom stereocenters. The van der Waals surface area contributed by atoms with Crippen molar-refractivity contribution in [3.8, 4) is 12.3 Å². The number of carbonyl (C=O) groups excluding carboxylic acids is 1. The van der Waals surface area contributed by atoms with Crippen molar-refractivity contribution in [1.29, 1.82) is 0 Å². The summed E-state index contributed by atoms with van der Waals surface area (Å²) in [5.41, 5.74) is 0. The summed E-state index contributed by atoms with van der Waals surface area (Å²) in [6, 6.07) is 3.67. The number of benzene rings is 1. The van der Waals surface area contributed by atoms with E-state index in [0.717, 1.165) is 12.5 Å². The molecule has 1 aromatic rings. The molecule has 2 saturated heterocycles. The molecule has 0 aromatic heterocycles. The Morgan fingerprint density at radius 3 is 2.81 bits per heavy atom. The predicted molar refractivity (Wildman–Crippen MR) is 97.6 cm³/mol. The fraction of sp³-hybridized carbons (Fsp3) is 0.526. The van der Waals surface area contributed by atoms with Crippen LogP contribution in [-0.2, 0) is 19.6 Å². The van der Waals surface area contributed by atoms with E-state index < -0.39 is 27.9 Å². The molecular formula is C19H23FN2O4S. The third-order valence-corrected chi connectivity index (χ3v) is 7.17. The molecule has 8 heteroatoms. The van der Waals surface area contributed by atoms with Crippen molar-refractivity contribution in [3.63, 3.8) is 0 Å². The average Bonchev–Trinajstić information content (AvgIpc) is 2.71. The van der Waals surface area contributed by atoms with Gasteiger partial charge in [-0.05, 0) is 37.5 Å². The molecule has 0 radical (unpaired) electrons. The van der Waals surface area contributed by atoms with Crippen LogP contribution in [0.5, 0.6) is 0 Å². The second-order valence-electron chi connectivity index (χ2n) is 6.94. The van der Waals surface area contributed by atoms with Gasteiger partial charge >= 0.3 is 0 Å². The minimum atomic E-state index is -4.05. The largest absolute Gasteiger partial charge is 0.384 e. The highest BCUT2D eigenvalue weighted by molar-refractivity contribution is 7.89. The first kappa shape index (κ1) is 19.8. The monoisotopic (exact) mass is 394 g/mol. The Labute approximate surface area is 159 Å². The van der Waals surface area contributed by atoms with Crippen molar-refractivity contribution < 1.29 is 22.3 Å². The van der Waals surface area contributed by atoms with Crippen molar-refractivity contribution in [2.24, 2.45) is 5.92 Å². The molecule has 2 aliphatic rings. The van der Waals surface area contributed by atoms with Crippen LogP contribution < -0.4 is 0 Å². The van der Waals surface area contributed by atoms with Crippen LogP contribution >= 0.6 is 0 Å². The Bertz CT molecular complexity index is 852. The maximum Gasteiger partial charge on any atom is 0.244 e. The summed E-state index contributed by atoms with van der Waals surface area (Å²) in [6.45, 7) is 0.768. The van der Waals surface area contributed by atoms with E-state index in [9.17, 15) is 17.6 Å². The van der Waals surface area contributed by atoms with Crippen LogP contribution in [0.2, 0.25) is 0 Å². The van der Waals surface area contributed by atoms with E-state index in [2.05, 4.69) is 5.92 Å². The van der Waals surface area contributed by atoms with E-state index in [0.29, 0.717) is 26.0 Å². The van der Waals surface area contributed by atoms with Crippen LogP contribution in [0, 0.1) is 24.1 Å². The van der Waals surface area contributed by atoms with Crippen molar-refractivity contribution in [2.75, 3.05) is 26.8 Å². The van der Waals surface area contributed by atoms with Crippen molar-refractivity contribution in [1.82, 2.24) is 9.21 Å². The molecule has 2 heterocycles. The van der Waals surface area contributed by atoms with E-state index in [1.54, 1.807) is 7.11 Å². The molecule has 0 spiro atoms. The minimum Gasteiger partial charge on any atom is -0.384 e. The lowest BCUT2D eigenvalue weighted by Crippen LogP contribution is -2.55. The first-order valence-electron chi connectivity index (χ1n) is 8.90. The lowest BCUT2D eigenvalue weighted by molar-refractivity contribution is -0.134. The Morgan fingerprint density at radius 2 is 2.15 bits per heavy atom. The fourth-order valence-electron chi connectivity index (χ4n) is 4.11. The summed E-state index contributed by atoms with van der Waals surface area (Å²) >= 11 is 0. The van der Waals surface area contributed by atoms with E-state index in [1.165, 1.54) is 27.4 Å². The molecule has 6 nitrogen and oxygen atoms in total. The summed E-state index contributed by atoms with van der Waals surface area (Å²) in [4.78, 5) is 14.5. The molecule has 2 fully saturated rings. The van der Waals surface area contributed by atoms with Crippen LogP contribution in [0.1, 0.15) is 19.3 Å². The number of terminal acetylenes is 1. The molecule has 2 bridgehead atoms. The van der Waals surface area contributed by atoms with E-state index >= 15 is 0 Å². The zero-order valence-electron chi connectivity index (χ0n) is 15.2. The lowest BCUT2D eigenvalue weighted by atomic mass is 9.91. The number of halogens is 1. The summed E-state index contributed by atoms with van der Waals surface area (Å²) < 4.78 is 47.0. The summed E-state index contributed by atoms with van der Waals surface area (Å²) in [5, 5.41) is 0. The van der Waals surface area contributed by atoms with Gasteiger partial charge in [-0.25, -0.2) is 12.8 Å². The van der Waals surface area contributed by atoms with Gasteiger partial charge in [-0.1, -0.05) is 12.0 Å². The average molecular weight is 394 g/mol. The number of sulfonamides is 1. The van der Waals surface area contributed by atoms with Gasteiger partial charge in [0.1, 0.15) is 11.9 Å². The second kappa shape index (κ2) is 7.97. The third kappa shape index (κ3) is 3.72. The van der Waals surface area contributed by atoms with E-state index in [-0.39, 0.29) is 23.3 Å². The van der Waals surface area contributed by atoms with E-state index in [4.69, 9.17) is 11.2 Å². The highest BCUT2D eigenvalue weighted by Gasteiger charge is 2.49. The SMILES string of the molecule is C#CCN1C[C@H](COC)[C@H]2CCC[C@@H](C1=O)N2S(=O)(=O)c1cccc(F)c1. The lowest BCUT2D eigenvalue weighted by Gasteiger charge is -2.40. The van der Waals surface area contributed by atoms with Gasteiger partial charge in [0.15, 0.2) is 0 Å². The van der Waals surface area contributed by atoms with Gasteiger partial charge in [0.25, 0.3) is 0 Å². The van der Waals surface area contributed by atoms with Crippen LogP contribution in [0.25, 0.3) is 0 Å². The molecule has 146 valence electrons. The molecule has 1 aromatic carbocycles. The number of methoxy groups -OCH3 is 1. The maximum atomic E-state index is 13.7. The Kier molecular flexibility index (Phi) is 5.84. The quantitative estimate of drug-likeness (QED) is 0.710. The van der Waals surface area contributed by atoms with Gasteiger partial charge in [-0.3, -0.25) is 4.79 Å². The summed E-state index contributed by atoms with van der Waals surface area (Å²) in [5.74, 6) is 1.34. The smallest absolute Gasteiger partial charge is 0.244 e. The Balaban J connectivity index is 2.09. The molecule has 0 saturated carbocycles. The van der Waals surface area contributed by atoms with Gasteiger partial charge in [-0.2, -0.15) is 4.31 Å². The van der Waals surface area contributed by atoms with Gasteiger partial charge in [-0.15, -0.1) is 6.42 Å². The molecule has 2 aliphatic heterocycles. The number of fused-ring (bicyclic) bond motifs is 2. The number of hydrogen-bond acceptors (Lipinski definition) is 4. The Hall–Kier alpha value is -1.95. The van der Waals surface area contributed by atoms with Gasteiger partial charge < -0.3 is 9.64 Å². The normalized spacial score (nSPS) is 26.5. The second-order valence-corrected chi connectivity index (χ2v) is 8.79. The number of piperidine rings is 1. The van der Waals surface area contributed by atoms with Crippen LogP contribution in [0.4, 0.5) is 4.39 Å². The summed E-state index contributed by atoms with van der Waals surface area (Å²) in [7, 11) is -2.51. The predicted octanol–water partition coefficient (Wildman–Crippen LogP) is 1.48. The van der Waals surface area contributed by atoms with Gasteiger partial charge in [0, 0.05) is 25.6 Å². The zero-order chi connectivity index (χ0) is 19.6. The van der Waals surface area contributed by atoms with Crippen molar-refractivity contribution >= 4 is 15.9 Å². The molecule has 0 unspecified atom stereocenters. The highest BCUT2D eigenvalue weighted by Crippen LogP contribution is 2.37. The molecule has 1 amide bonds.